The molecule has 0 aliphatic carbocycles. The lowest BCUT2D eigenvalue weighted by atomic mass is 10.1. The van der Waals surface area contributed by atoms with E-state index in [0.717, 1.165) is 11.4 Å². The maximum Gasteiger partial charge on any atom is 0.341 e. The van der Waals surface area contributed by atoms with Crippen molar-refractivity contribution < 1.29 is 14.3 Å². The molecular weight excluding hydrogens is 292 g/mol. The minimum absolute atomic E-state index is 0.327. The van der Waals surface area contributed by atoms with Crippen LogP contribution in [-0.2, 0) is 4.74 Å². The van der Waals surface area contributed by atoms with Gasteiger partial charge in [-0.25, -0.2) is 9.79 Å². The minimum Gasteiger partial charge on any atom is -0.496 e. The molecule has 0 aromatic heterocycles. The van der Waals surface area contributed by atoms with Gasteiger partial charge in [-0.05, 0) is 31.2 Å². The molecule has 2 aromatic rings. The van der Waals surface area contributed by atoms with E-state index < -0.39 is 5.97 Å². The van der Waals surface area contributed by atoms with Crippen LogP contribution in [0.2, 0.25) is 0 Å². The second-order valence-corrected chi connectivity index (χ2v) is 4.80. The Morgan fingerprint density at radius 3 is 2.61 bits per heavy atom. The van der Waals surface area contributed by atoms with Gasteiger partial charge in [-0.3, -0.25) is 0 Å². The molecule has 0 saturated carbocycles. The molecule has 0 N–H and O–H groups in total. The molecule has 2 rings (SSSR count). The second kappa shape index (κ2) is 7.98. The van der Waals surface area contributed by atoms with E-state index in [-0.39, 0.29) is 0 Å². The maximum absolute atomic E-state index is 11.9. The highest BCUT2D eigenvalue weighted by atomic mass is 16.5. The number of ether oxygens (including phenoxy) is 2. The summed E-state index contributed by atoms with van der Waals surface area (Å²) >= 11 is 0. The van der Waals surface area contributed by atoms with E-state index in [1.54, 1.807) is 25.4 Å². The van der Waals surface area contributed by atoms with Crippen LogP contribution in [0, 0.1) is 0 Å². The van der Waals surface area contributed by atoms with Gasteiger partial charge in [-0.1, -0.05) is 18.2 Å². The lowest BCUT2D eigenvalue weighted by molar-refractivity contribution is 0.0523. The lowest BCUT2D eigenvalue weighted by Crippen LogP contribution is -2.15. The maximum atomic E-state index is 11.9. The molecule has 5 nitrogen and oxygen atoms in total. The largest absolute Gasteiger partial charge is 0.496 e. The molecule has 0 bridgehead atoms. The predicted molar refractivity (Wildman–Crippen MR) is 91.9 cm³/mol. The Balaban J connectivity index is 2.19. The molecule has 120 valence electrons. The van der Waals surface area contributed by atoms with Crippen LogP contribution in [0.1, 0.15) is 17.3 Å². The number of carbonyl (C=O) groups is 1. The number of para-hydroxylation sites is 1. The van der Waals surface area contributed by atoms with Crippen molar-refractivity contribution in [2.75, 3.05) is 25.7 Å². The smallest absolute Gasteiger partial charge is 0.341 e. The number of esters is 1. The van der Waals surface area contributed by atoms with Crippen LogP contribution < -0.4 is 9.64 Å². The first kappa shape index (κ1) is 16.5. The number of benzene rings is 2. The molecule has 0 heterocycles. The molecule has 0 spiro atoms. The fourth-order valence-corrected chi connectivity index (χ4v) is 2.01. The molecule has 5 heteroatoms. The van der Waals surface area contributed by atoms with Gasteiger partial charge < -0.3 is 14.4 Å². The van der Waals surface area contributed by atoms with Gasteiger partial charge in [0.2, 0.25) is 0 Å². The number of nitrogens with zero attached hydrogens (tertiary/aromatic N) is 2. The fourth-order valence-electron chi connectivity index (χ4n) is 2.01. The molecule has 0 fully saturated rings. The van der Waals surface area contributed by atoms with E-state index >= 15 is 0 Å². The number of hydrogen-bond donors (Lipinski definition) is 0. The van der Waals surface area contributed by atoms with Crippen molar-refractivity contribution in [3.8, 4) is 5.75 Å². The molecule has 2 aromatic carbocycles. The van der Waals surface area contributed by atoms with Gasteiger partial charge in [0.05, 0.1) is 25.7 Å². The third-order valence-electron chi connectivity index (χ3n) is 3.22. The quantitative estimate of drug-likeness (QED) is 0.464. The van der Waals surface area contributed by atoms with Crippen LogP contribution in [0.3, 0.4) is 0 Å². The Hall–Kier alpha value is -2.82. The summed E-state index contributed by atoms with van der Waals surface area (Å²) in [4.78, 5) is 18.1. The van der Waals surface area contributed by atoms with Gasteiger partial charge in [-0.2, -0.15) is 0 Å². The first-order valence-corrected chi connectivity index (χ1v) is 7.33. The normalized spacial score (nSPS) is 10.6. The summed E-state index contributed by atoms with van der Waals surface area (Å²) in [6, 6.07) is 15.0. The van der Waals surface area contributed by atoms with Crippen molar-refractivity contribution >= 4 is 23.7 Å². The summed E-state index contributed by atoms with van der Waals surface area (Å²) in [5, 5.41) is 0. The summed E-state index contributed by atoms with van der Waals surface area (Å²) in [5.74, 6) is 0.0809. The molecule has 0 saturated heterocycles. The van der Waals surface area contributed by atoms with Gasteiger partial charge in [-0.15, -0.1) is 0 Å². The standard InChI is InChI=1S/C18H20N2O3/c1-4-23-18(21)16-11-10-15(12-17(16)22-3)20(2)13-19-14-8-6-5-7-9-14/h5-13H,4H2,1-3H3. The average molecular weight is 312 g/mol. The van der Waals surface area contributed by atoms with Gasteiger partial charge in [0.15, 0.2) is 0 Å². The van der Waals surface area contributed by atoms with Gasteiger partial charge in [0.25, 0.3) is 0 Å². The summed E-state index contributed by atoms with van der Waals surface area (Å²) in [6.45, 7) is 2.10. The number of rotatable bonds is 6. The lowest BCUT2D eigenvalue weighted by Gasteiger charge is -2.16. The number of aliphatic imine (C=N–C) groups is 1. The van der Waals surface area contributed by atoms with Crippen molar-refractivity contribution in [1.82, 2.24) is 0 Å². The third-order valence-corrected chi connectivity index (χ3v) is 3.22. The van der Waals surface area contributed by atoms with Crippen LogP contribution in [0.15, 0.2) is 53.5 Å². The van der Waals surface area contributed by atoms with E-state index in [1.165, 1.54) is 7.11 Å². The molecule has 0 unspecified atom stereocenters. The van der Waals surface area contributed by atoms with Gasteiger partial charge in [0.1, 0.15) is 11.3 Å². The SMILES string of the molecule is CCOC(=O)c1ccc(N(C)C=Nc2ccccc2)cc1OC. The van der Waals surface area contributed by atoms with E-state index in [4.69, 9.17) is 9.47 Å². The number of methoxy groups -OCH3 is 1. The zero-order chi connectivity index (χ0) is 16.7. The van der Waals surface area contributed by atoms with Gasteiger partial charge >= 0.3 is 5.97 Å². The Bertz CT molecular complexity index is 684. The zero-order valence-corrected chi connectivity index (χ0v) is 13.5. The van der Waals surface area contributed by atoms with Crippen molar-refractivity contribution in [2.24, 2.45) is 4.99 Å². The van der Waals surface area contributed by atoms with Crippen molar-refractivity contribution in [3.63, 3.8) is 0 Å². The molecule has 0 atom stereocenters. The Labute approximate surface area is 136 Å². The van der Waals surface area contributed by atoms with Crippen LogP contribution in [0.5, 0.6) is 5.75 Å². The van der Waals surface area contributed by atoms with Crippen molar-refractivity contribution in [1.29, 1.82) is 0 Å². The highest BCUT2D eigenvalue weighted by Gasteiger charge is 2.14. The van der Waals surface area contributed by atoms with Gasteiger partial charge in [0, 0.05) is 18.8 Å². The molecule has 23 heavy (non-hydrogen) atoms. The highest BCUT2D eigenvalue weighted by molar-refractivity contribution is 5.94. The topological polar surface area (TPSA) is 51.1 Å². The van der Waals surface area contributed by atoms with Crippen LogP contribution >= 0.6 is 0 Å². The summed E-state index contributed by atoms with van der Waals surface area (Å²) in [5.41, 5.74) is 2.13. The molecule has 0 aliphatic rings. The summed E-state index contributed by atoms with van der Waals surface area (Å²) in [7, 11) is 3.41. The van der Waals surface area contributed by atoms with Crippen molar-refractivity contribution in [2.45, 2.75) is 6.92 Å². The van der Waals surface area contributed by atoms with Crippen molar-refractivity contribution in [3.05, 3.63) is 54.1 Å². The monoisotopic (exact) mass is 312 g/mol. The highest BCUT2D eigenvalue weighted by Crippen LogP contribution is 2.25. The molecule has 0 amide bonds. The minimum atomic E-state index is -0.392. The van der Waals surface area contributed by atoms with E-state index in [9.17, 15) is 4.79 Å². The third kappa shape index (κ3) is 4.32. The second-order valence-electron chi connectivity index (χ2n) is 4.80. The average Bonchev–Trinajstić information content (AvgIpc) is 2.60. The molecule has 0 radical (unpaired) electrons. The van der Waals surface area contributed by atoms with E-state index in [2.05, 4.69) is 4.99 Å². The van der Waals surface area contributed by atoms with E-state index in [0.29, 0.717) is 17.9 Å². The Morgan fingerprint density at radius 2 is 1.96 bits per heavy atom. The molecule has 0 aliphatic heterocycles. The first-order chi connectivity index (χ1) is 11.2. The number of anilines is 1. The fraction of sp³-hybridized carbons (Fsp3) is 0.222. The number of carbonyl (C=O) groups excluding carboxylic acids is 1. The van der Waals surface area contributed by atoms with Crippen LogP contribution in [0.4, 0.5) is 11.4 Å². The first-order valence-electron chi connectivity index (χ1n) is 7.33. The number of hydrogen-bond acceptors (Lipinski definition) is 4. The van der Waals surface area contributed by atoms with Crippen LogP contribution in [-0.4, -0.2) is 33.1 Å². The van der Waals surface area contributed by atoms with Crippen LogP contribution in [0.25, 0.3) is 0 Å². The summed E-state index contributed by atoms with van der Waals surface area (Å²) in [6.07, 6.45) is 1.72. The Kier molecular flexibility index (Phi) is 5.74. The summed E-state index contributed by atoms with van der Waals surface area (Å²) < 4.78 is 10.3. The molecular formula is C18H20N2O3. The predicted octanol–water partition coefficient (Wildman–Crippen LogP) is 3.67. The Morgan fingerprint density at radius 1 is 1.22 bits per heavy atom. The van der Waals surface area contributed by atoms with E-state index in [1.807, 2.05) is 48.3 Å². The zero-order valence-electron chi connectivity index (χ0n) is 13.5.